The molecule has 0 amide bonds. The van der Waals surface area contributed by atoms with Crippen LogP contribution in [-0.4, -0.2) is 49.7 Å². The molecule has 5 nitrogen and oxygen atoms in total. The van der Waals surface area contributed by atoms with Crippen LogP contribution in [-0.2, 0) is 4.74 Å². The molecule has 0 aromatic heterocycles. The predicted octanol–water partition coefficient (Wildman–Crippen LogP) is 6.33. The summed E-state index contributed by atoms with van der Waals surface area (Å²) in [4.78, 5) is 0. The first-order valence-electron chi connectivity index (χ1n) is 13.9. The largest absolute Gasteiger partial charge is 0.522 e. The van der Waals surface area contributed by atoms with Crippen molar-refractivity contribution in [2.24, 2.45) is 53.3 Å². The standard InChI is InChI=1S/C27H31F9N4O/c28-18-7-15(41-27(34,35)36)4-5-16(18)22-21(13(8-37)9-38)24(29)20(12-2-1-3-14(6-12)26(31,32)33)23(25(22)30)17(10-39)19-11-40-19/h12-25,40H,1-7,11H2. The molecule has 1 saturated heterocycles. The third-order valence-corrected chi connectivity index (χ3v) is 9.75. The van der Waals surface area contributed by atoms with E-state index >= 15 is 13.2 Å². The van der Waals surface area contributed by atoms with Crippen LogP contribution in [0, 0.1) is 87.3 Å². The van der Waals surface area contributed by atoms with Crippen molar-refractivity contribution in [1.82, 2.24) is 5.32 Å². The van der Waals surface area contributed by atoms with Gasteiger partial charge in [-0.2, -0.15) is 29.0 Å². The summed E-state index contributed by atoms with van der Waals surface area (Å²) >= 11 is 0. The lowest BCUT2D eigenvalue weighted by atomic mass is 9.51. The van der Waals surface area contributed by atoms with Gasteiger partial charge in [-0.1, -0.05) is 12.8 Å². The van der Waals surface area contributed by atoms with Crippen molar-refractivity contribution in [3.8, 4) is 18.2 Å². The number of ether oxygens (including phenoxy) is 1. The fourth-order valence-electron chi connectivity index (χ4n) is 7.98. The van der Waals surface area contributed by atoms with E-state index in [9.17, 15) is 42.1 Å². The molecule has 13 unspecified atom stereocenters. The summed E-state index contributed by atoms with van der Waals surface area (Å²) in [5, 5.41) is 32.2. The Kier molecular flexibility index (Phi) is 9.40. The highest BCUT2D eigenvalue weighted by Gasteiger charge is 2.63. The van der Waals surface area contributed by atoms with Gasteiger partial charge >= 0.3 is 12.5 Å². The van der Waals surface area contributed by atoms with Gasteiger partial charge in [0.25, 0.3) is 0 Å². The fraction of sp³-hybridized carbons (Fsp3) is 0.889. The summed E-state index contributed by atoms with van der Waals surface area (Å²) < 4.78 is 132. The maximum atomic E-state index is 16.9. The van der Waals surface area contributed by atoms with E-state index in [0.29, 0.717) is 6.54 Å². The molecule has 3 saturated carbocycles. The van der Waals surface area contributed by atoms with Gasteiger partial charge in [0, 0.05) is 42.7 Å². The van der Waals surface area contributed by atoms with Crippen LogP contribution in [0.1, 0.15) is 44.9 Å². The van der Waals surface area contributed by atoms with Crippen molar-refractivity contribution < 1.29 is 44.3 Å². The minimum atomic E-state index is -5.03. The van der Waals surface area contributed by atoms with Crippen LogP contribution in [0.25, 0.3) is 0 Å². The second-order valence-corrected chi connectivity index (χ2v) is 11.9. The van der Waals surface area contributed by atoms with Crippen LogP contribution in [0.2, 0.25) is 0 Å². The highest BCUT2D eigenvalue weighted by atomic mass is 19.4. The number of hydrogen-bond donors (Lipinski definition) is 1. The van der Waals surface area contributed by atoms with Crippen LogP contribution in [0.3, 0.4) is 0 Å². The molecule has 1 heterocycles. The third kappa shape index (κ3) is 6.72. The molecule has 13 atom stereocenters. The van der Waals surface area contributed by atoms with E-state index in [2.05, 4.69) is 10.1 Å². The van der Waals surface area contributed by atoms with Gasteiger partial charge in [-0.25, -0.2) is 13.2 Å². The van der Waals surface area contributed by atoms with Crippen molar-refractivity contribution in [1.29, 1.82) is 15.8 Å². The van der Waals surface area contributed by atoms with Gasteiger partial charge in [0.2, 0.25) is 0 Å². The molecule has 4 aliphatic rings. The van der Waals surface area contributed by atoms with Crippen molar-refractivity contribution in [2.75, 3.05) is 6.54 Å². The number of nitriles is 3. The summed E-state index contributed by atoms with van der Waals surface area (Å²) in [7, 11) is 0. The Morgan fingerprint density at radius 1 is 0.780 bits per heavy atom. The lowest BCUT2D eigenvalue weighted by Crippen LogP contribution is -2.59. The molecule has 0 aromatic rings. The van der Waals surface area contributed by atoms with Crippen molar-refractivity contribution in [2.45, 2.75) is 88.1 Å². The highest BCUT2D eigenvalue weighted by Crippen LogP contribution is 2.58. The molecule has 0 spiro atoms. The Labute approximate surface area is 232 Å². The summed E-state index contributed by atoms with van der Waals surface area (Å²) in [6.45, 7) is 0.291. The van der Waals surface area contributed by atoms with E-state index in [1.807, 2.05) is 6.07 Å². The number of rotatable bonds is 6. The van der Waals surface area contributed by atoms with Crippen LogP contribution in [0.5, 0.6) is 0 Å². The first kappa shape index (κ1) is 31.7. The number of nitrogens with one attached hydrogen (secondary N) is 1. The normalized spacial score (nSPS) is 42.5. The topological polar surface area (TPSA) is 103 Å². The monoisotopic (exact) mass is 598 g/mol. The quantitative estimate of drug-likeness (QED) is 0.285. The fourth-order valence-corrected chi connectivity index (χ4v) is 7.98. The van der Waals surface area contributed by atoms with E-state index in [4.69, 9.17) is 0 Å². The van der Waals surface area contributed by atoms with Crippen LogP contribution in [0.15, 0.2) is 0 Å². The molecule has 0 bridgehead atoms. The average molecular weight is 599 g/mol. The van der Waals surface area contributed by atoms with E-state index in [1.54, 1.807) is 12.1 Å². The van der Waals surface area contributed by atoms with Crippen molar-refractivity contribution in [3.05, 3.63) is 0 Å². The molecule has 4 rings (SSSR count). The summed E-state index contributed by atoms with van der Waals surface area (Å²) in [6, 6.07) is 4.67. The maximum absolute atomic E-state index is 16.9. The number of halogens is 9. The molecule has 3 aliphatic carbocycles. The van der Waals surface area contributed by atoms with E-state index in [1.165, 1.54) is 0 Å². The minimum absolute atomic E-state index is 0.0877. The van der Waals surface area contributed by atoms with Crippen molar-refractivity contribution in [3.63, 3.8) is 0 Å². The Bertz CT molecular complexity index is 1030. The van der Waals surface area contributed by atoms with Crippen LogP contribution < -0.4 is 5.32 Å². The van der Waals surface area contributed by atoms with E-state index in [-0.39, 0.29) is 32.1 Å². The van der Waals surface area contributed by atoms with Crippen LogP contribution >= 0.6 is 0 Å². The molecule has 1 N–H and O–H groups in total. The van der Waals surface area contributed by atoms with Gasteiger partial charge in [-0.05, 0) is 37.5 Å². The van der Waals surface area contributed by atoms with Gasteiger partial charge in [0.1, 0.15) is 24.4 Å². The molecular weight excluding hydrogens is 567 g/mol. The zero-order valence-electron chi connectivity index (χ0n) is 21.9. The molecule has 4 fully saturated rings. The van der Waals surface area contributed by atoms with Crippen LogP contribution in [0.4, 0.5) is 39.5 Å². The average Bonchev–Trinajstić information content (AvgIpc) is 3.72. The lowest BCUT2D eigenvalue weighted by molar-refractivity contribution is -0.347. The summed E-state index contributed by atoms with van der Waals surface area (Å²) in [5.74, 6) is -13.4. The van der Waals surface area contributed by atoms with Gasteiger partial charge in [0.05, 0.1) is 36.1 Å². The van der Waals surface area contributed by atoms with Gasteiger partial charge in [-0.15, -0.1) is 13.2 Å². The molecular formula is C27H31F9N4O. The Morgan fingerprint density at radius 3 is 1.93 bits per heavy atom. The number of hydrogen-bond acceptors (Lipinski definition) is 5. The zero-order valence-corrected chi connectivity index (χ0v) is 21.9. The smallest absolute Gasteiger partial charge is 0.310 e. The first-order chi connectivity index (χ1) is 19.2. The Morgan fingerprint density at radius 2 is 1.41 bits per heavy atom. The van der Waals surface area contributed by atoms with Gasteiger partial charge in [0.15, 0.2) is 0 Å². The summed E-state index contributed by atoms with van der Waals surface area (Å²) in [6.07, 6.45) is -19.6. The van der Waals surface area contributed by atoms with E-state index < -0.39 is 109 Å². The second-order valence-electron chi connectivity index (χ2n) is 11.9. The Hall–Kier alpha value is -2.24. The number of alkyl halides is 9. The highest BCUT2D eigenvalue weighted by molar-refractivity contribution is 5.17. The molecule has 0 aromatic carbocycles. The minimum Gasteiger partial charge on any atom is -0.310 e. The zero-order chi connectivity index (χ0) is 30.3. The molecule has 14 heteroatoms. The molecule has 228 valence electrons. The summed E-state index contributed by atoms with van der Waals surface area (Å²) in [5.41, 5.74) is 0. The first-order valence-corrected chi connectivity index (χ1v) is 13.9. The lowest BCUT2D eigenvalue weighted by Gasteiger charge is -2.54. The van der Waals surface area contributed by atoms with Gasteiger partial charge < -0.3 is 5.32 Å². The second kappa shape index (κ2) is 12.2. The third-order valence-electron chi connectivity index (χ3n) is 9.75. The SMILES string of the molecule is N#CC(C#N)C1C(F)C(C2CCCC(C(F)(F)F)C2)C(C(C#N)C2CN2)C(F)C1C1CCC(OC(F)(F)F)CC1F. The van der Waals surface area contributed by atoms with E-state index in [0.717, 1.165) is 0 Å². The molecule has 0 radical (unpaired) electrons. The van der Waals surface area contributed by atoms with Gasteiger partial charge in [-0.3, -0.25) is 4.74 Å². The van der Waals surface area contributed by atoms with Crippen molar-refractivity contribution >= 4 is 0 Å². The Balaban J connectivity index is 1.73. The molecule has 1 aliphatic heterocycles. The maximum Gasteiger partial charge on any atom is 0.522 e. The predicted molar refractivity (Wildman–Crippen MR) is 124 cm³/mol. The molecule has 41 heavy (non-hydrogen) atoms. The number of nitrogens with zero attached hydrogens (tertiary/aromatic N) is 3.